The number of hydrogen-bond acceptors (Lipinski definition) is 4. The Hall–Kier alpha value is -3.14. The van der Waals surface area contributed by atoms with Crippen molar-refractivity contribution < 1.29 is 22.4 Å². The van der Waals surface area contributed by atoms with Gasteiger partial charge in [0.1, 0.15) is 18.4 Å². The Bertz CT molecular complexity index is 1410. The summed E-state index contributed by atoms with van der Waals surface area (Å²) in [4.78, 5) is 28.3. The largest absolute Gasteiger partial charge is 0.354 e. The predicted octanol–water partition coefficient (Wildman–Crippen LogP) is 6.05. The van der Waals surface area contributed by atoms with Crippen LogP contribution in [0.5, 0.6) is 0 Å². The number of rotatable bonds is 13. The highest BCUT2D eigenvalue weighted by Gasteiger charge is 2.33. The lowest BCUT2D eigenvalue weighted by molar-refractivity contribution is -0.140. The van der Waals surface area contributed by atoms with Crippen LogP contribution in [-0.2, 0) is 26.2 Å². The number of nitrogens with zero attached hydrogens (tertiary/aromatic N) is 2. The zero-order valence-electron chi connectivity index (χ0n) is 22.3. The molecule has 7 nitrogen and oxygen atoms in total. The number of carbonyl (C=O) groups excluding carboxylic acids is 2. The molecule has 214 valence electrons. The molecule has 11 heteroatoms. The van der Waals surface area contributed by atoms with Crippen LogP contribution in [0.15, 0.2) is 77.7 Å². The number of benzene rings is 3. The Balaban J connectivity index is 2.02. The minimum absolute atomic E-state index is 0.00531. The lowest BCUT2D eigenvalue weighted by atomic mass is 10.1. The molecule has 1 N–H and O–H groups in total. The Labute approximate surface area is 244 Å². The van der Waals surface area contributed by atoms with Crippen molar-refractivity contribution in [1.29, 1.82) is 0 Å². The van der Waals surface area contributed by atoms with E-state index in [1.165, 1.54) is 4.90 Å². The first-order valence-corrected chi connectivity index (χ1v) is 15.1. The first kappa shape index (κ1) is 31.4. The fourth-order valence-electron chi connectivity index (χ4n) is 4.12. The van der Waals surface area contributed by atoms with Gasteiger partial charge in [-0.25, -0.2) is 12.8 Å². The van der Waals surface area contributed by atoms with E-state index in [4.69, 9.17) is 23.2 Å². The van der Waals surface area contributed by atoms with Crippen molar-refractivity contribution in [3.8, 4) is 0 Å². The Morgan fingerprint density at radius 3 is 2.23 bits per heavy atom. The summed E-state index contributed by atoms with van der Waals surface area (Å²) in [5.41, 5.74) is 0.866. The molecule has 0 heterocycles. The predicted molar refractivity (Wildman–Crippen MR) is 156 cm³/mol. The molecular formula is C29H32Cl2FN3O4S. The molecule has 3 rings (SSSR count). The molecule has 0 fully saturated rings. The summed E-state index contributed by atoms with van der Waals surface area (Å²) in [7, 11) is -4.27. The van der Waals surface area contributed by atoms with Crippen LogP contribution in [0.4, 0.5) is 10.1 Å². The highest BCUT2D eigenvalue weighted by Crippen LogP contribution is 2.26. The normalized spacial score (nSPS) is 12.0. The lowest BCUT2D eigenvalue weighted by Gasteiger charge is -2.33. The first-order chi connectivity index (χ1) is 19.1. The van der Waals surface area contributed by atoms with Crippen molar-refractivity contribution in [3.63, 3.8) is 0 Å². The van der Waals surface area contributed by atoms with E-state index in [2.05, 4.69) is 5.32 Å². The van der Waals surface area contributed by atoms with Crippen molar-refractivity contribution >= 4 is 50.7 Å². The fraction of sp³-hybridized carbons (Fsp3) is 0.310. The van der Waals surface area contributed by atoms with Gasteiger partial charge < -0.3 is 10.2 Å². The number of halogens is 3. The average molecular weight is 609 g/mol. The SMILES string of the molecule is CCCCNC(=O)[C@@H](CC)N(Cc1ccc(Cl)c(Cl)c1)C(=O)CN(c1ccccc1)S(=O)(=O)c1ccc(F)cc1. The van der Waals surface area contributed by atoms with Crippen LogP contribution in [0.25, 0.3) is 0 Å². The van der Waals surface area contributed by atoms with Crippen molar-refractivity contribution in [2.75, 3.05) is 17.4 Å². The third-order valence-corrected chi connectivity index (χ3v) is 8.80. The van der Waals surface area contributed by atoms with Gasteiger partial charge >= 0.3 is 0 Å². The van der Waals surface area contributed by atoms with Crippen LogP contribution >= 0.6 is 23.2 Å². The summed E-state index contributed by atoms with van der Waals surface area (Å²) >= 11 is 12.3. The zero-order valence-corrected chi connectivity index (χ0v) is 24.6. The molecule has 0 unspecified atom stereocenters. The second-order valence-electron chi connectivity index (χ2n) is 9.14. The van der Waals surface area contributed by atoms with Crippen molar-refractivity contribution in [3.05, 3.63) is 94.2 Å². The number of para-hydroxylation sites is 1. The van der Waals surface area contributed by atoms with Gasteiger partial charge in [-0.3, -0.25) is 13.9 Å². The maximum Gasteiger partial charge on any atom is 0.264 e. The van der Waals surface area contributed by atoms with Crippen LogP contribution in [0, 0.1) is 5.82 Å². The number of anilines is 1. The fourth-order valence-corrected chi connectivity index (χ4v) is 5.85. The average Bonchev–Trinajstić information content (AvgIpc) is 2.94. The number of nitrogens with one attached hydrogen (secondary N) is 1. The highest BCUT2D eigenvalue weighted by atomic mass is 35.5. The van der Waals surface area contributed by atoms with Gasteiger partial charge in [0.15, 0.2) is 0 Å². The molecule has 0 saturated carbocycles. The molecule has 0 spiro atoms. The Morgan fingerprint density at radius 2 is 1.62 bits per heavy atom. The van der Waals surface area contributed by atoms with E-state index in [9.17, 15) is 22.4 Å². The second kappa shape index (κ2) is 14.5. The standard InChI is InChI=1S/C29H32Cl2FN3O4S/c1-3-5-17-33-29(37)27(4-2)34(19-21-11-16-25(30)26(31)18-21)28(36)20-35(23-9-7-6-8-10-23)40(38,39)24-14-12-22(32)13-15-24/h6-16,18,27H,3-5,17,19-20H2,1-2H3,(H,33,37)/t27-/m1/s1. The number of hydrogen-bond donors (Lipinski definition) is 1. The summed E-state index contributed by atoms with van der Waals surface area (Å²) in [5.74, 6) is -1.52. The van der Waals surface area contributed by atoms with E-state index in [1.807, 2.05) is 6.92 Å². The van der Waals surface area contributed by atoms with Gasteiger partial charge in [-0.05, 0) is 66.9 Å². The molecule has 0 aromatic heterocycles. The van der Waals surface area contributed by atoms with E-state index in [0.29, 0.717) is 23.6 Å². The molecule has 2 amide bonds. The van der Waals surface area contributed by atoms with Gasteiger partial charge in [-0.1, -0.05) is 67.7 Å². The molecule has 3 aromatic rings. The molecule has 0 radical (unpaired) electrons. The molecular weight excluding hydrogens is 576 g/mol. The van der Waals surface area contributed by atoms with Gasteiger partial charge in [0.2, 0.25) is 11.8 Å². The number of carbonyl (C=O) groups is 2. The highest BCUT2D eigenvalue weighted by molar-refractivity contribution is 7.92. The minimum Gasteiger partial charge on any atom is -0.354 e. The minimum atomic E-state index is -4.27. The molecule has 0 aliphatic rings. The summed E-state index contributed by atoms with van der Waals surface area (Å²) in [6.45, 7) is 3.64. The summed E-state index contributed by atoms with van der Waals surface area (Å²) in [5, 5.41) is 3.50. The van der Waals surface area contributed by atoms with Crippen molar-refractivity contribution in [2.45, 2.75) is 50.6 Å². The van der Waals surface area contributed by atoms with E-state index in [0.717, 1.165) is 41.4 Å². The maximum atomic E-state index is 14.0. The zero-order chi connectivity index (χ0) is 29.3. The van der Waals surface area contributed by atoms with Gasteiger partial charge in [0.25, 0.3) is 10.0 Å². The first-order valence-electron chi connectivity index (χ1n) is 12.9. The second-order valence-corrected chi connectivity index (χ2v) is 11.8. The molecule has 0 bridgehead atoms. The smallest absolute Gasteiger partial charge is 0.264 e. The third kappa shape index (κ3) is 7.96. The number of amides is 2. The van der Waals surface area contributed by atoms with Gasteiger partial charge in [0.05, 0.1) is 20.6 Å². The molecule has 1 atom stereocenters. The van der Waals surface area contributed by atoms with Gasteiger partial charge in [0, 0.05) is 13.1 Å². The van der Waals surface area contributed by atoms with E-state index >= 15 is 0 Å². The van der Waals surface area contributed by atoms with Crippen LogP contribution in [0.1, 0.15) is 38.7 Å². The maximum absolute atomic E-state index is 14.0. The molecule has 0 aliphatic heterocycles. The molecule has 3 aromatic carbocycles. The van der Waals surface area contributed by atoms with Crippen molar-refractivity contribution in [1.82, 2.24) is 10.2 Å². The van der Waals surface area contributed by atoms with E-state index < -0.39 is 34.3 Å². The van der Waals surface area contributed by atoms with Crippen LogP contribution in [-0.4, -0.2) is 44.3 Å². The van der Waals surface area contributed by atoms with E-state index in [1.54, 1.807) is 55.5 Å². The topological polar surface area (TPSA) is 86.8 Å². The van der Waals surface area contributed by atoms with E-state index in [-0.39, 0.29) is 28.1 Å². The Kier molecular flexibility index (Phi) is 11.4. The van der Waals surface area contributed by atoms with Gasteiger partial charge in [-0.2, -0.15) is 0 Å². The number of unbranched alkanes of at least 4 members (excludes halogenated alkanes) is 1. The summed E-state index contributed by atoms with van der Waals surface area (Å²) < 4.78 is 42.0. The van der Waals surface area contributed by atoms with Crippen LogP contribution in [0.3, 0.4) is 0 Å². The quantitative estimate of drug-likeness (QED) is 0.240. The number of sulfonamides is 1. The monoisotopic (exact) mass is 607 g/mol. The summed E-state index contributed by atoms with van der Waals surface area (Å²) in [6.07, 6.45) is 1.96. The van der Waals surface area contributed by atoms with Crippen molar-refractivity contribution in [2.24, 2.45) is 0 Å². The third-order valence-electron chi connectivity index (χ3n) is 6.28. The summed E-state index contributed by atoms with van der Waals surface area (Å²) in [6, 6.07) is 16.6. The van der Waals surface area contributed by atoms with Crippen LogP contribution < -0.4 is 9.62 Å². The lowest BCUT2D eigenvalue weighted by Crippen LogP contribution is -2.52. The van der Waals surface area contributed by atoms with Gasteiger partial charge in [-0.15, -0.1) is 0 Å². The van der Waals surface area contributed by atoms with Crippen LogP contribution in [0.2, 0.25) is 10.0 Å². The molecule has 40 heavy (non-hydrogen) atoms. The molecule has 0 aliphatic carbocycles. The Morgan fingerprint density at radius 1 is 0.950 bits per heavy atom. The molecule has 0 saturated heterocycles.